The zero-order valence-electron chi connectivity index (χ0n) is 12.0. The first-order chi connectivity index (χ1) is 9.67. The lowest BCUT2D eigenvalue weighted by atomic mass is 10.2. The molecule has 20 heavy (non-hydrogen) atoms. The molecule has 110 valence electrons. The number of aryl methyl sites for hydroxylation is 1. The van der Waals surface area contributed by atoms with Gasteiger partial charge in [-0.2, -0.15) is 0 Å². The first-order valence-corrected chi connectivity index (χ1v) is 6.75. The molecule has 0 radical (unpaired) electrons. The first-order valence-electron chi connectivity index (χ1n) is 6.75. The quantitative estimate of drug-likeness (QED) is 0.261. The largest absolute Gasteiger partial charge is 0.494 e. The number of nitrogens with zero attached hydrogens (tertiary/aromatic N) is 1. The van der Waals surface area contributed by atoms with Crippen LogP contribution in [0, 0.1) is 6.92 Å². The van der Waals surface area contributed by atoms with Gasteiger partial charge >= 0.3 is 5.97 Å². The van der Waals surface area contributed by atoms with Crippen LogP contribution in [0.15, 0.2) is 29.4 Å². The highest BCUT2D eigenvalue weighted by atomic mass is 16.5. The van der Waals surface area contributed by atoms with E-state index >= 15 is 0 Å². The van der Waals surface area contributed by atoms with E-state index in [0.717, 1.165) is 12.2 Å². The fraction of sp³-hybridized carbons (Fsp3) is 0.467. The minimum Gasteiger partial charge on any atom is -0.494 e. The van der Waals surface area contributed by atoms with E-state index in [1.54, 1.807) is 6.92 Å². The highest BCUT2D eigenvalue weighted by Gasteiger charge is 2.12. The van der Waals surface area contributed by atoms with Crippen LogP contribution in [0.1, 0.15) is 31.7 Å². The van der Waals surface area contributed by atoms with Crippen molar-refractivity contribution in [2.45, 2.75) is 33.1 Å². The van der Waals surface area contributed by atoms with Gasteiger partial charge in [-0.1, -0.05) is 22.9 Å². The summed E-state index contributed by atoms with van der Waals surface area (Å²) in [5.74, 6) is 0.270. The molecule has 0 aliphatic carbocycles. The van der Waals surface area contributed by atoms with Crippen molar-refractivity contribution in [1.82, 2.24) is 0 Å². The molecule has 0 saturated heterocycles. The van der Waals surface area contributed by atoms with Gasteiger partial charge in [0.05, 0.1) is 13.2 Å². The highest BCUT2D eigenvalue weighted by molar-refractivity contribution is 6.36. The summed E-state index contributed by atoms with van der Waals surface area (Å²) < 4.78 is 10.3. The molecule has 1 N–H and O–H groups in total. The summed E-state index contributed by atoms with van der Waals surface area (Å²) in [6.45, 7) is 4.57. The number of hydrogen-bond acceptors (Lipinski definition) is 5. The molecule has 1 aromatic rings. The van der Waals surface area contributed by atoms with E-state index in [9.17, 15) is 4.79 Å². The molecule has 0 unspecified atom stereocenters. The Kier molecular flexibility index (Phi) is 7.17. The molecule has 5 heteroatoms. The van der Waals surface area contributed by atoms with Crippen molar-refractivity contribution in [2.24, 2.45) is 5.16 Å². The predicted octanol–water partition coefficient (Wildman–Crippen LogP) is 2.94. The Morgan fingerprint density at radius 3 is 2.55 bits per heavy atom. The van der Waals surface area contributed by atoms with Crippen LogP contribution in [0.25, 0.3) is 0 Å². The Bertz CT molecular complexity index is 440. The van der Waals surface area contributed by atoms with Crippen LogP contribution in [0.3, 0.4) is 0 Å². The molecule has 0 amide bonds. The molecule has 0 fully saturated rings. The Morgan fingerprint density at radius 1 is 1.25 bits per heavy atom. The predicted molar refractivity (Wildman–Crippen MR) is 76.4 cm³/mol. The number of unbranched alkanes of at least 4 members (excludes halogenated alkanes) is 1. The van der Waals surface area contributed by atoms with Gasteiger partial charge in [-0.15, -0.1) is 0 Å². The van der Waals surface area contributed by atoms with Gasteiger partial charge in [-0.25, -0.2) is 4.79 Å². The molecule has 0 saturated carbocycles. The van der Waals surface area contributed by atoms with Gasteiger partial charge < -0.3 is 14.7 Å². The molecular formula is C15H21NO4. The second-order valence-corrected chi connectivity index (χ2v) is 4.39. The Hall–Kier alpha value is -2.04. The van der Waals surface area contributed by atoms with Gasteiger partial charge in [0.2, 0.25) is 0 Å². The molecule has 0 aromatic heterocycles. The minimum absolute atomic E-state index is 0.0576. The van der Waals surface area contributed by atoms with Crippen LogP contribution < -0.4 is 4.74 Å². The first kappa shape index (κ1) is 16.0. The summed E-state index contributed by atoms with van der Waals surface area (Å²) in [5.41, 5.74) is 1.25. The average molecular weight is 279 g/mol. The van der Waals surface area contributed by atoms with Crippen molar-refractivity contribution in [1.29, 1.82) is 0 Å². The van der Waals surface area contributed by atoms with Crippen molar-refractivity contribution in [3.8, 4) is 5.75 Å². The van der Waals surface area contributed by atoms with E-state index in [0.29, 0.717) is 19.4 Å². The second-order valence-electron chi connectivity index (χ2n) is 4.39. The SMILES string of the molecule is CCOC(=O)C(CCCCOc1ccc(C)cc1)=NO. The lowest BCUT2D eigenvalue weighted by Gasteiger charge is -2.07. The van der Waals surface area contributed by atoms with E-state index in [1.165, 1.54) is 5.56 Å². The summed E-state index contributed by atoms with van der Waals surface area (Å²) >= 11 is 0. The Labute approximate surface area is 119 Å². The zero-order valence-corrected chi connectivity index (χ0v) is 12.0. The lowest BCUT2D eigenvalue weighted by molar-refractivity contribution is -0.135. The van der Waals surface area contributed by atoms with Crippen LogP contribution in [0.5, 0.6) is 5.75 Å². The molecule has 0 atom stereocenters. The maximum absolute atomic E-state index is 11.3. The van der Waals surface area contributed by atoms with Crippen LogP contribution >= 0.6 is 0 Å². The van der Waals surface area contributed by atoms with Crippen molar-refractivity contribution in [3.05, 3.63) is 29.8 Å². The normalized spacial score (nSPS) is 11.2. The van der Waals surface area contributed by atoms with E-state index in [2.05, 4.69) is 5.16 Å². The summed E-state index contributed by atoms with van der Waals surface area (Å²) in [5, 5.41) is 11.7. The second kappa shape index (κ2) is 8.96. The van der Waals surface area contributed by atoms with Gasteiger partial charge in [-0.3, -0.25) is 0 Å². The smallest absolute Gasteiger partial charge is 0.356 e. The topological polar surface area (TPSA) is 68.1 Å². The summed E-state index contributed by atoms with van der Waals surface area (Å²) in [7, 11) is 0. The van der Waals surface area contributed by atoms with E-state index in [1.807, 2.05) is 31.2 Å². The maximum Gasteiger partial charge on any atom is 0.356 e. The fourth-order valence-electron chi connectivity index (χ4n) is 1.63. The molecule has 0 aliphatic heterocycles. The molecule has 0 heterocycles. The lowest BCUT2D eigenvalue weighted by Crippen LogP contribution is -2.17. The third-order valence-corrected chi connectivity index (χ3v) is 2.73. The molecular weight excluding hydrogens is 258 g/mol. The van der Waals surface area contributed by atoms with Crippen molar-refractivity contribution < 1.29 is 19.5 Å². The number of oxime groups is 1. The number of ether oxygens (including phenoxy) is 2. The number of benzene rings is 1. The number of rotatable bonds is 8. The third kappa shape index (κ3) is 5.73. The van der Waals surface area contributed by atoms with Gasteiger partial charge in [0.15, 0.2) is 5.71 Å². The molecule has 1 rings (SSSR count). The molecule has 0 bridgehead atoms. The monoisotopic (exact) mass is 279 g/mol. The van der Waals surface area contributed by atoms with Gasteiger partial charge in [0, 0.05) is 6.42 Å². The van der Waals surface area contributed by atoms with Crippen molar-refractivity contribution in [2.75, 3.05) is 13.2 Å². The minimum atomic E-state index is -0.561. The molecule has 0 aliphatic rings. The molecule has 5 nitrogen and oxygen atoms in total. The van der Waals surface area contributed by atoms with Crippen LogP contribution in [-0.4, -0.2) is 30.1 Å². The maximum atomic E-state index is 11.3. The average Bonchev–Trinajstić information content (AvgIpc) is 2.45. The Balaban J connectivity index is 2.21. The molecule has 0 spiro atoms. The number of esters is 1. The van der Waals surface area contributed by atoms with E-state index < -0.39 is 5.97 Å². The van der Waals surface area contributed by atoms with Gasteiger partial charge in [-0.05, 0) is 38.8 Å². The van der Waals surface area contributed by atoms with E-state index in [-0.39, 0.29) is 12.3 Å². The number of hydrogen-bond donors (Lipinski definition) is 1. The zero-order chi connectivity index (χ0) is 14.8. The van der Waals surface area contributed by atoms with Crippen molar-refractivity contribution >= 4 is 11.7 Å². The van der Waals surface area contributed by atoms with Crippen LogP contribution in [0.2, 0.25) is 0 Å². The van der Waals surface area contributed by atoms with Gasteiger partial charge in [0.1, 0.15) is 5.75 Å². The summed E-state index contributed by atoms with van der Waals surface area (Å²) in [4.78, 5) is 11.3. The molecule has 1 aromatic carbocycles. The Morgan fingerprint density at radius 2 is 1.95 bits per heavy atom. The standard InChI is InChI=1S/C15H21NO4/c1-3-19-15(17)14(16-18)6-4-5-11-20-13-9-7-12(2)8-10-13/h7-10,18H,3-6,11H2,1-2H3. The highest BCUT2D eigenvalue weighted by Crippen LogP contribution is 2.12. The van der Waals surface area contributed by atoms with Gasteiger partial charge in [0.25, 0.3) is 0 Å². The van der Waals surface area contributed by atoms with Crippen LogP contribution in [0.4, 0.5) is 0 Å². The third-order valence-electron chi connectivity index (χ3n) is 2.73. The van der Waals surface area contributed by atoms with E-state index in [4.69, 9.17) is 14.7 Å². The number of carbonyl (C=O) groups is 1. The fourth-order valence-corrected chi connectivity index (χ4v) is 1.63. The number of carbonyl (C=O) groups excluding carboxylic acids is 1. The summed E-state index contributed by atoms with van der Waals surface area (Å²) in [6, 6.07) is 7.84. The van der Waals surface area contributed by atoms with Crippen molar-refractivity contribution in [3.63, 3.8) is 0 Å². The van der Waals surface area contributed by atoms with Crippen LogP contribution in [-0.2, 0) is 9.53 Å². The summed E-state index contributed by atoms with van der Waals surface area (Å²) in [6.07, 6.45) is 1.85.